The summed E-state index contributed by atoms with van der Waals surface area (Å²) in [5, 5.41) is 0.613. The molecule has 0 fully saturated rings. The van der Waals surface area contributed by atoms with Gasteiger partial charge in [0.05, 0.1) is 0 Å². The third-order valence-corrected chi connectivity index (χ3v) is 2.70. The Bertz CT molecular complexity index is 426. The lowest BCUT2D eigenvalue weighted by Crippen LogP contribution is -2.37. The maximum Gasteiger partial charge on any atom is 0.414 e. The van der Waals surface area contributed by atoms with Gasteiger partial charge in [-0.3, -0.25) is 4.90 Å². The molecule has 0 spiro atoms. The van der Waals surface area contributed by atoms with E-state index in [4.69, 9.17) is 16.3 Å². The van der Waals surface area contributed by atoms with Crippen LogP contribution in [0.5, 0.6) is 0 Å². The molecule has 1 rings (SSSR count). The third-order valence-electron chi connectivity index (χ3n) is 2.47. The third kappa shape index (κ3) is 5.52. The molecule has 0 unspecified atom stereocenters. The van der Waals surface area contributed by atoms with Crippen molar-refractivity contribution in [1.82, 2.24) is 0 Å². The van der Waals surface area contributed by atoms with E-state index in [0.717, 1.165) is 18.5 Å². The van der Waals surface area contributed by atoms with Crippen molar-refractivity contribution in [2.45, 2.75) is 46.1 Å². The van der Waals surface area contributed by atoms with Crippen molar-refractivity contribution in [2.75, 3.05) is 11.4 Å². The molecule has 0 saturated carbocycles. The van der Waals surface area contributed by atoms with Gasteiger partial charge in [0, 0.05) is 17.3 Å². The van der Waals surface area contributed by atoms with Gasteiger partial charge in [0.1, 0.15) is 5.60 Å². The fourth-order valence-corrected chi connectivity index (χ4v) is 1.79. The number of rotatable bonds is 4. The number of nitrogens with zero attached hydrogens (tertiary/aromatic N) is 1. The maximum atomic E-state index is 12.2. The van der Waals surface area contributed by atoms with Gasteiger partial charge >= 0.3 is 6.09 Å². The van der Waals surface area contributed by atoms with Crippen molar-refractivity contribution in [3.8, 4) is 0 Å². The highest BCUT2D eigenvalue weighted by atomic mass is 35.5. The Kier molecular flexibility index (Phi) is 5.67. The van der Waals surface area contributed by atoms with E-state index < -0.39 is 5.60 Å². The fraction of sp³-hybridized carbons (Fsp3) is 0.533. The van der Waals surface area contributed by atoms with Gasteiger partial charge in [-0.15, -0.1) is 0 Å². The predicted octanol–water partition coefficient (Wildman–Crippen LogP) is 4.88. The molecule has 0 saturated heterocycles. The molecule has 0 aliphatic heterocycles. The van der Waals surface area contributed by atoms with E-state index in [2.05, 4.69) is 6.92 Å². The van der Waals surface area contributed by atoms with Gasteiger partial charge in [-0.2, -0.15) is 0 Å². The molecule has 0 atom stereocenters. The zero-order valence-corrected chi connectivity index (χ0v) is 12.8. The topological polar surface area (TPSA) is 29.5 Å². The van der Waals surface area contributed by atoms with Crippen LogP contribution in [-0.2, 0) is 4.74 Å². The lowest BCUT2D eigenvalue weighted by Gasteiger charge is -2.27. The number of unbranched alkanes of at least 4 members (excludes halogenated alkanes) is 1. The summed E-state index contributed by atoms with van der Waals surface area (Å²) in [6.07, 6.45) is 1.61. The molecular formula is C15H22ClNO2. The summed E-state index contributed by atoms with van der Waals surface area (Å²) in [5.41, 5.74) is 0.273. The molecule has 0 N–H and O–H groups in total. The Morgan fingerprint density at radius 3 is 2.58 bits per heavy atom. The standard InChI is InChI=1S/C15H22ClNO2/c1-5-6-10-17(14(18)19-15(2,3)4)13-9-7-8-12(16)11-13/h7-9,11H,5-6,10H2,1-4H3. The van der Waals surface area contributed by atoms with Gasteiger partial charge in [-0.05, 0) is 45.4 Å². The molecule has 1 amide bonds. The summed E-state index contributed by atoms with van der Waals surface area (Å²) in [4.78, 5) is 13.9. The van der Waals surface area contributed by atoms with Crippen LogP contribution in [0, 0.1) is 0 Å². The van der Waals surface area contributed by atoms with Crippen LogP contribution >= 0.6 is 11.6 Å². The summed E-state index contributed by atoms with van der Waals surface area (Å²) in [6, 6.07) is 7.27. The molecule has 0 aliphatic rings. The lowest BCUT2D eigenvalue weighted by atomic mass is 10.2. The van der Waals surface area contributed by atoms with E-state index in [-0.39, 0.29) is 6.09 Å². The van der Waals surface area contributed by atoms with Crippen molar-refractivity contribution in [1.29, 1.82) is 0 Å². The normalized spacial score (nSPS) is 11.2. The van der Waals surface area contributed by atoms with Crippen LogP contribution in [0.3, 0.4) is 0 Å². The van der Waals surface area contributed by atoms with Crippen molar-refractivity contribution in [2.24, 2.45) is 0 Å². The van der Waals surface area contributed by atoms with E-state index in [1.165, 1.54) is 0 Å². The Morgan fingerprint density at radius 2 is 2.05 bits per heavy atom. The molecule has 0 aliphatic carbocycles. The lowest BCUT2D eigenvalue weighted by molar-refractivity contribution is 0.0580. The highest BCUT2D eigenvalue weighted by Crippen LogP contribution is 2.22. The van der Waals surface area contributed by atoms with Gasteiger partial charge in [-0.25, -0.2) is 4.79 Å². The van der Waals surface area contributed by atoms with Crippen molar-refractivity contribution in [3.05, 3.63) is 29.3 Å². The summed E-state index contributed by atoms with van der Waals surface area (Å²) < 4.78 is 5.44. The first-order valence-electron chi connectivity index (χ1n) is 6.59. The molecule has 0 aromatic heterocycles. The Balaban J connectivity index is 2.91. The molecule has 4 heteroatoms. The summed E-state index contributed by atoms with van der Waals surface area (Å²) in [7, 11) is 0. The Hall–Kier alpha value is -1.22. The first-order valence-corrected chi connectivity index (χ1v) is 6.97. The van der Waals surface area contributed by atoms with Gasteiger partial charge in [0.15, 0.2) is 0 Å². The quantitative estimate of drug-likeness (QED) is 0.788. The Labute approximate surface area is 120 Å². The molecular weight excluding hydrogens is 262 g/mol. The summed E-state index contributed by atoms with van der Waals surface area (Å²) in [5.74, 6) is 0. The number of hydrogen-bond acceptors (Lipinski definition) is 2. The fourth-order valence-electron chi connectivity index (χ4n) is 1.60. The number of anilines is 1. The summed E-state index contributed by atoms with van der Waals surface area (Å²) in [6.45, 7) is 8.31. The van der Waals surface area contributed by atoms with Gasteiger partial charge in [0.2, 0.25) is 0 Å². The van der Waals surface area contributed by atoms with Crippen molar-refractivity contribution >= 4 is 23.4 Å². The number of carbonyl (C=O) groups is 1. The molecule has 1 aromatic rings. The molecule has 0 radical (unpaired) electrons. The van der Waals surface area contributed by atoms with E-state index >= 15 is 0 Å². The highest BCUT2D eigenvalue weighted by molar-refractivity contribution is 6.30. The van der Waals surface area contributed by atoms with Crippen LogP contribution in [0.2, 0.25) is 5.02 Å². The largest absolute Gasteiger partial charge is 0.443 e. The Morgan fingerprint density at radius 1 is 1.37 bits per heavy atom. The summed E-state index contributed by atoms with van der Waals surface area (Å²) >= 11 is 5.98. The van der Waals surface area contributed by atoms with Crippen molar-refractivity contribution in [3.63, 3.8) is 0 Å². The zero-order valence-electron chi connectivity index (χ0n) is 12.1. The predicted molar refractivity (Wildman–Crippen MR) is 79.9 cm³/mol. The second-order valence-electron chi connectivity index (χ2n) is 5.47. The minimum atomic E-state index is -0.500. The molecule has 0 heterocycles. The number of halogens is 1. The average Bonchev–Trinajstić information content (AvgIpc) is 2.27. The second-order valence-corrected chi connectivity index (χ2v) is 5.90. The van der Waals surface area contributed by atoms with E-state index in [9.17, 15) is 4.79 Å². The van der Waals surface area contributed by atoms with Crippen LogP contribution in [0.1, 0.15) is 40.5 Å². The first-order chi connectivity index (χ1) is 8.83. The highest BCUT2D eigenvalue weighted by Gasteiger charge is 2.23. The monoisotopic (exact) mass is 283 g/mol. The van der Waals surface area contributed by atoms with Gasteiger partial charge in [0.25, 0.3) is 0 Å². The van der Waals surface area contributed by atoms with Crippen LogP contribution in [-0.4, -0.2) is 18.2 Å². The van der Waals surface area contributed by atoms with E-state index in [1.807, 2.05) is 32.9 Å². The number of ether oxygens (including phenoxy) is 1. The minimum absolute atomic E-state index is 0.330. The van der Waals surface area contributed by atoms with Crippen LogP contribution in [0.15, 0.2) is 24.3 Å². The second kappa shape index (κ2) is 6.80. The molecule has 1 aromatic carbocycles. The smallest absolute Gasteiger partial charge is 0.414 e. The first kappa shape index (κ1) is 15.8. The van der Waals surface area contributed by atoms with Crippen LogP contribution in [0.4, 0.5) is 10.5 Å². The molecule has 19 heavy (non-hydrogen) atoms. The minimum Gasteiger partial charge on any atom is -0.443 e. The number of hydrogen-bond donors (Lipinski definition) is 0. The molecule has 106 valence electrons. The van der Waals surface area contributed by atoms with Crippen molar-refractivity contribution < 1.29 is 9.53 Å². The van der Waals surface area contributed by atoms with Crippen LogP contribution < -0.4 is 4.90 Å². The number of carbonyl (C=O) groups excluding carboxylic acids is 1. The number of amides is 1. The van der Waals surface area contributed by atoms with Gasteiger partial charge < -0.3 is 4.74 Å². The average molecular weight is 284 g/mol. The maximum absolute atomic E-state index is 12.2. The number of benzene rings is 1. The van der Waals surface area contributed by atoms with Crippen LogP contribution in [0.25, 0.3) is 0 Å². The van der Waals surface area contributed by atoms with Gasteiger partial charge in [-0.1, -0.05) is 31.0 Å². The zero-order chi connectivity index (χ0) is 14.5. The van der Waals surface area contributed by atoms with E-state index in [1.54, 1.807) is 17.0 Å². The SMILES string of the molecule is CCCCN(C(=O)OC(C)(C)C)c1cccc(Cl)c1. The molecule has 0 bridgehead atoms. The molecule has 3 nitrogen and oxygen atoms in total. The van der Waals surface area contributed by atoms with E-state index in [0.29, 0.717) is 11.6 Å².